The quantitative estimate of drug-likeness (QED) is 0.359. The number of aryl methyl sites for hydroxylation is 1. The highest BCUT2D eigenvalue weighted by atomic mass is 16.6. The smallest absolute Gasteiger partial charge is 0.299 e. The van der Waals surface area contributed by atoms with Gasteiger partial charge in [-0.2, -0.15) is 0 Å². The fourth-order valence-electron chi connectivity index (χ4n) is 4.05. The monoisotopic (exact) mass is 420 g/mol. The van der Waals surface area contributed by atoms with Gasteiger partial charge in [-0.25, -0.2) is 4.79 Å². The molecule has 2 aromatic carbocycles. The molecule has 160 valence electrons. The van der Waals surface area contributed by atoms with Crippen molar-refractivity contribution in [2.24, 2.45) is 0 Å². The topological polar surface area (TPSA) is 101 Å². The highest BCUT2D eigenvalue weighted by Crippen LogP contribution is 2.22. The van der Waals surface area contributed by atoms with Gasteiger partial charge in [-0.1, -0.05) is 36.4 Å². The standard InChI is InChI=1S/C23H24N4O4/c28-22-20-9-8-19(27(30)31)16-21(20)26(23(29)24-22)13-5-4-12-25-14-10-18(11-15-25)17-6-2-1-3-7-17/h1-3,6-10,16H,4-5,11-15H2,(H,24,28,29). The zero-order chi connectivity index (χ0) is 21.8. The van der Waals surface area contributed by atoms with Gasteiger partial charge in [0.2, 0.25) is 0 Å². The maximum atomic E-state index is 12.3. The lowest BCUT2D eigenvalue weighted by Gasteiger charge is -2.26. The molecule has 0 radical (unpaired) electrons. The second-order valence-electron chi connectivity index (χ2n) is 7.72. The second-order valence-corrected chi connectivity index (χ2v) is 7.72. The van der Waals surface area contributed by atoms with Crippen LogP contribution >= 0.6 is 0 Å². The number of unbranched alkanes of at least 4 members (excludes halogenated alkanes) is 1. The van der Waals surface area contributed by atoms with Crippen molar-refractivity contribution < 1.29 is 4.92 Å². The third-order valence-corrected chi connectivity index (χ3v) is 5.74. The molecular formula is C23H24N4O4. The Morgan fingerprint density at radius 1 is 1.03 bits per heavy atom. The second kappa shape index (κ2) is 9.09. The van der Waals surface area contributed by atoms with E-state index >= 15 is 0 Å². The van der Waals surface area contributed by atoms with Crippen molar-refractivity contribution in [2.75, 3.05) is 19.6 Å². The lowest BCUT2D eigenvalue weighted by atomic mass is 9.99. The Morgan fingerprint density at radius 3 is 2.52 bits per heavy atom. The third-order valence-electron chi connectivity index (χ3n) is 5.74. The summed E-state index contributed by atoms with van der Waals surface area (Å²) in [6.45, 7) is 3.20. The number of rotatable bonds is 7. The number of nitro benzene ring substituents is 1. The fraction of sp³-hybridized carbons (Fsp3) is 0.304. The Hall–Kier alpha value is -3.52. The van der Waals surface area contributed by atoms with Crippen LogP contribution in [-0.4, -0.2) is 39.0 Å². The maximum Gasteiger partial charge on any atom is 0.328 e. The Bertz CT molecular complexity index is 1240. The van der Waals surface area contributed by atoms with E-state index in [2.05, 4.69) is 40.2 Å². The van der Waals surface area contributed by atoms with Gasteiger partial charge in [-0.15, -0.1) is 0 Å². The minimum absolute atomic E-state index is 0.138. The van der Waals surface area contributed by atoms with Gasteiger partial charge >= 0.3 is 5.69 Å². The van der Waals surface area contributed by atoms with Gasteiger partial charge in [-0.05, 0) is 43.0 Å². The predicted molar refractivity (Wildman–Crippen MR) is 120 cm³/mol. The molecule has 0 unspecified atom stereocenters. The summed E-state index contributed by atoms with van der Waals surface area (Å²) < 4.78 is 1.42. The normalized spacial score (nSPS) is 14.5. The molecule has 0 atom stereocenters. The first-order valence-corrected chi connectivity index (χ1v) is 10.4. The van der Waals surface area contributed by atoms with Crippen molar-refractivity contribution >= 4 is 22.2 Å². The Labute approximate surface area is 178 Å². The molecule has 0 amide bonds. The molecule has 1 aliphatic rings. The van der Waals surface area contributed by atoms with Crippen molar-refractivity contribution in [3.8, 4) is 0 Å². The van der Waals surface area contributed by atoms with E-state index in [1.54, 1.807) is 0 Å². The molecular weight excluding hydrogens is 396 g/mol. The number of fused-ring (bicyclic) bond motifs is 1. The van der Waals surface area contributed by atoms with Crippen molar-refractivity contribution in [1.29, 1.82) is 0 Å². The average Bonchev–Trinajstić information content (AvgIpc) is 2.79. The summed E-state index contributed by atoms with van der Waals surface area (Å²) in [7, 11) is 0. The first-order valence-electron chi connectivity index (χ1n) is 10.4. The highest BCUT2D eigenvalue weighted by Gasteiger charge is 2.14. The van der Waals surface area contributed by atoms with Crippen LogP contribution in [0.25, 0.3) is 16.5 Å². The summed E-state index contributed by atoms with van der Waals surface area (Å²) in [5.74, 6) is 0. The number of benzene rings is 2. The van der Waals surface area contributed by atoms with Gasteiger partial charge < -0.3 is 0 Å². The molecule has 1 aliphatic heterocycles. The average molecular weight is 420 g/mol. The fourth-order valence-corrected chi connectivity index (χ4v) is 4.05. The van der Waals surface area contributed by atoms with Crippen molar-refractivity contribution in [1.82, 2.24) is 14.5 Å². The number of nitro groups is 1. The lowest BCUT2D eigenvalue weighted by molar-refractivity contribution is -0.384. The van der Waals surface area contributed by atoms with Crippen LogP contribution in [0.5, 0.6) is 0 Å². The first kappa shape index (κ1) is 20.7. The maximum absolute atomic E-state index is 12.3. The molecule has 0 bridgehead atoms. The van der Waals surface area contributed by atoms with Gasteiger partial charge in [0.25, 0.3) is 11.2 Å². The van der Waals surface area contributed by atoms with Gasteiger partial charge in [0, 0.05) is 31.8 Å². The van der Waals surface area contributed by atoms with E-state index < -0.39 is 16.2 Å². The third kappa shape index (κ3) is 4.64. The molecule has 0 aliphatic carbocycles. The summed E-state index contributed by atoms with van der Waals surface area (Å²) in [6.07, 6.45) is 4.90. The Balaban J connectivity index is 1.39. The summed E-state index contributed by atoms with van der Waals surface area (Å²) in [5, 5.41) is 11.4. The zero-order valence-corrected chi connectivity index (χ0v) is 17.1. The SMILES string of the molecule is O=c1[nH]c(=O)n(CCCCN2CC=C(c3ccccc3)CC2)c2cc([N+](=O)[O-])ccc12. The molecule has 0 spiro atoms. The molecule has 0 fully saturated rings. The van der Waals surface area contributed by atoms with Crippen LogP contribution in [0.1, 0.15) is 24.8 Å². The molecule has 8 heteroatoms. The lowest BCUT2D eigenvalue weighted by Crippen LogP contribution is -2.31. The Kier molecular flexibility index (Phi) is 6.08. The van der Waals surface area contributed by atoms with Gasteiger partial charge in [0.15, 0.2) is 0 Å². The van der Waals surface area contributed by atoms with Gasteiger partial charge in [0.1, 0.15) is 0 Å². The van der Waals surface area contributed by atoms with E-state index in [4.69, 9.17) is 0 Å². The van der Waals surface area contributed by atoms with Crippen LogP contribution < -0.4 is 11.2 Å². The molecule has 3 aromatic rings. The summed E-state index contributed by atoms with van der Waals surface area (Å²) in [6, 6.07) is 14.4. The minimum Gasteiger partial charge on any atom is -0.299 e. The summed E-state index contributed by atoms with van der Waals surface area (Å²) >= 11 is 0. The molecule has 1 N–H and O–H groups in total. The van der Waals surface area contributed by atoms with Gasteiger partial charge in [-0.3, -0.25) is 29.4 Å². The van der Waals surface area contributed by atoms with Crippen LogP contribution in [0.2, 0.25) is 0 Å². The van der Waals surface area contributed by atoms with Gasteiger partial charge in [0.05, 0.1) is 15.8 Å². The number of aromatic amines is 1. The largest absolute Gasteiger partial charge is 0.328 e. The summed E-state index contributed by atoms with van der Waals surface area (Å²) in [4.78, 5) is 39.6. The van der Waals surface area contributed by atoms with Crippen molar-refractivity contribution in [2.45, 2.75) is 25.8 Å². The molecule has 1 aromatic heterocycles. The van der Waals surface area contributed by atoms with Crippen molar-refractivity contribution in [3.63, 3.8) is 0 Å². The number of aromatic nitrogens is 2. The van der Waals surface area contributed by atoms with E-state index in [-0.39, 0.29) is 11.1 Å². The van der Waals surface area contributed by atoms with E-state index in [0.29, 0.717) is 12.1 Å². The number of hydrogen-bond donors (Lipinski definition) is 1. The van der Waals surface area contributed by atoms with E-state index in [1.807, 2.05) is 6.07 Å². The number of hydrogen-bond acceptors (Lipinski definition) is 5. The van der Waals surface area contributed by atoms with Crippen LogP contribution in [0.4, 0.5) is 5.69 Å². The molecule has 2 heterocycles. The van der Waals surface area contributed by atoms with Crippen LogP contribution in [-0.2, 0) is 6.54 Å². The number of H-pyrrole nitrogens is 1. The number of nitrogens with zero attached hydrogens (tertiary/aromatic N) is 3. The molecule has 4 rings (SSSR count). The minimum atomic E-state index is -0.536. The van der Waals surface area contributed by atoms with Crippen LogP contribution in [0.15, 0.2) is 64.2 Å². The van der Waals surface area contributed by atoms with Crippen molar-refractivity contribution in [3.05, 3.63) is 91.1 Å². The molecule has 31 heavy (non-hydrogen) atoms. The van der Waals surface area contributed by atoms with Crippen LogP contribution in [0.3, 0.4) is 0 Å². The van der Waals surface area contributed by atoms with E-state index in [1.165, 1.54) is 33.9 Å². The van der Waals surface area contributed by atoms with Crippen LogP contribution in [0, 0.1) is 10.1 Å². The number of non-ortho nitro benzene ring substituents is 1. The molecule has 0 saturated carbocycles. The molecule has 0 saturated heterocycles. The Morgan fingerprint density at radius 2 is 1.81 bits per heavy atom. The van der Waals surface area contributed by atoms with E-state index in [9.17, 15) is 19.7 Å². The zero-order valence-electron chi connectivity index (χ0n) is 17.1. The predicted octanol–water partition coefficient (Wildman–Crippen LogP) is 3.17. The highest BCUT2D eigenvalue weighted by molar-refractivity contribution is 5.80. The number of nitrogens with one attached hydrogen (secondary N) is 1. The molecule has 8 nitrogen and oxygen atoms in total. The van der Waals surface area contributed by atoms with E-state index in [0.717, 1.165) is 38.9 Å². The summed E-state index contributed by atoms with van der Waals surface area (Å²) in [5.41, 5.74) is 1.76. The first-order chi connectivity index (χ1) is 15.0.